The molecule has 0 saturated carbocycles. The van der Waals surface area contributed by atoms with Crippen molar-refractivity contribution >= 4 is 11.5 Å². The van der Waals surface area contributed by atoms with Crippen LogP contribution in [0.5, 0.6) is 5.75 Å². The molecule has 0 spiro atoms. The highest BCUT2D eigenvalue weighted by molar-refractivity contribution is 5.99. The topological polar surface area (TPSA) is 29.5 Å². The Balaban J connectivity index is 2.14. The summed E-state index contributed by atoms with van der Waals surface area (Å²) in [6.07, 6.45) is 0. The molecule has 0 aliphatic heterocycles. The first-order chi connectivity index (χ1) is 9.99. The van der Waals surface area contributed by atoms with Gasteiger partial charge in [0.25, 0.3) is 0 Å². The van der Waals surface area contributed by atoms with Crippen molar-refractivity contribution in [3.8, 4) is 5.75 Å². The third kappa shape index (κ3) is 3.85. The number of carbonyl (C=O) groups excluding carboxylic acids is 1. The van der Waals surface area contributed by atoms with Crippen molar-refractivity contribution in [2.24, 2.45) is 0 Å². The first-order valence-corrected chi connectivity index (χ1v) is 6.96. The molecule has 0 aliphatic carbocycles. The van der Waals surface area contributed by atoms with E-state index in [2.05, 4.69) is 32.0 Å². The largest absolute Gasteiger partial charge is 0.497 e. The van der Waals surface area contributed by atoms with E-state index >= 15 is 0 Å². The molecule has 0 bridgehead atoms. The minimum absolute atomic E-state index is 0.0792. The van der Waals surface area contributed by atoms with Gasteiger partial charge in [-0.05, 0) is 49.2 Å². The number of Topliss-reactive ketones (excluding diaryl/α,β-unsaturated/α-hetero) is 1. The second-order valence-electron chi connectivity index (χ2n) is 5.36. The summed E-state index contributed by atoms with van der Waals surface area (Å²) >= 11 is 0. The second-order valence-corrected chi connectivity index (χ2v) is 5.36. The first kappa shape index (κ1) is 15.1. The zero-order valence-electron chi connectivity index (χ0n) is 13.0. The number of hydrogen-bond acceptors (Lipinski definition) is 3. The summed E-state index contributed by atoms with van der Waals surface area (Å²) in [6, 6.07) is 13.6. The van der Waals surface area contributed by atoms with Crippen LogP contribution in [0, 0.1) is 13.8 Å². The van der Waals surface area contributed by atoms with E-state index in [-0.39, 0.29) is 5.78 Å². The van der Waals surface area contributed by atoms with Crippen molar-refractivity contribution in [2.45, 2.75) is 13.8 Å². The summed E-state index contributed by atoms with van der Waals surface area (Å²) in [4.78, 5) is 14.3. The van der Waals surface area contributed by atoms with Gasteiger partial charge in [-0.3, -0.25) is 4.79 Å². The van der Waals surface area contributed by atoms with Crippen LogP contribution in [0.4, 0.5) is 5.69 Å². The Morgan fingerprint density at radius 2 is 1.76 bits per heavy atom. The summed E-state index contributed by atoms with van der Waals surface area (Å²) in [5, 5.41) is 0. The minimum atomic E-state index is 0.0792. The van der Waals surface area contributed by atoms with Crippen molar-refractivity contribution in [2.75, 3.05) is 25.6 Å². The molecule has 0 atom stereocenters. The molecule has 0 aliphatic rings. The number of nitrogens with zero attached hydrogens (tertiary/aromatic N) is 1. The van der Waals surface area contributed by atoms with Crippen LogP contribution in [0.2, 0.25) is 0 Å². The summed E-state index contributed by atoms with van der Waals surface area (Å²) in [5.41, 5.74) is 4.13. The zero-order chi connectivity index (χ0) is 15.4. The number of ketones is 1. The van der Waals surface area contributed by atoms with E-state index in [0.29, 0.717) is 17.9 Å². The fourth-order valence-electron chi connectivity index (χ4n) is 2.37. The molecule has 0 N–H and O–H groups in total. The zero-order valence-corrected chi connectivity index (χ0v) is 13.0. The molecule has 0 aromatic heterocycles. The van der Waals surface area contributed by atoms with Gasteiger partial charge in [0.05, 0.1) is 13.7 Å². The molecule has 2 aromatic rings. The number of carbonyl (C=O) groups is 1. The molecule has 0 fully saturated rings. The van der Waals surface area contributed by atoms with Gasteiger partial charge in [-0.2, -0.15) is 0 Å². The average Bonchev–Trinajstić information content (AvgIpc) is 2.46. The van der Waals surface area contributed by atoms with Crippen LogP contribution in [0.15, 0.2) is 42.5 Å². The Morgan fingerprint density at radius 3 is 2.38 bits per heavy atom. The molecule has 3 heteroatoms. The third-order valence-corrected chi connectivity index (χ3v) is 3.42. The smallest absolute Gasteiger partial charge is 0.182 e. The van der Waals surface area contributed by atoms with Crippen LogP contribution in [-0.4, -0.2) is 26.5 Å². The van der Waals surface area contributed by atoms with E-state index in [1.165, 1.54) is 11.1 Å². The number of likely N-dealkylation sites (N-methyl/N-ethyl adjacent to an activating group) is 1. The van der Waals surface area contributed by atoms with Gasteiger partial charge in [-0.15, -0.1) is 0 Å². The molecule has 0 saturated heterocycles. The molecule has 110 valence electrons. The van der Waals surface area contributed by atoms with Gasteiger partial charge in [-0.25, -0.2) is 0 Å². The van der Waals surface area contributed by atoms with Crippen LogP contribution >= 0.6 is 0 Å². The van der Waals surface area contributed by atoms with Gasteiger partial charge < -0.3 is 9.64 Å². The fraction of sp³-hybridized carbons (Fsp3) is 0.278. The highest BCUT2D eigenvalue weighted by atomic mass is 16.5. The molecule has 3 nitrogen and oxygen atoms in total. The van der Waals surface area contributed by atoms with E-state index < -0.39 is 0 Å². The maximum absolute atomic E-state index is 12.4. The number of rotatable bonds is 5. The Morgan fingerprint density at radius 1 is 1.10 bits per heavy atom. The molecule has 0 amide bonds. The molecular formula is C18H21NO2. The van der Waals surface area contributed by atoms with Crippen molar-refractivity contribution in [3.63, 3.8) is 0 Å². The van der Waals surface area contributed by atoms with Crippen molar-refractivity contribution in [1.29, 1.82) is 0 Å². The number of anilines is 1. The van der Waals surface area contributed by atoms with Crippen LogP contribution in [0.25, 0.3) is 0 Å². The normalized spacial score (nSPS) is 10.3. The average molecular weight is 283 g/mol. The SMILES string of the molecule is COc1cccc(C(=O)CN(C)c2cc(C)cc(C)c2)c1. The Hall–Kier alpha value is -2.29. The van der Waals surface area contributed by atoms with Crippen molar-refractivity contribution in [1.82, 2.24) is 0 Å². The summed E-state index contributed by atoms with van der Waals surface area (Å²) in [6.45, 7) is 4.47. The van der Waals surface area contributed by atoms with Crippen LogP contribution in [0.3, 0.4) is 0 Å². The van der Waals surface area contributed by atoms with Gasteiger partial charge in [-0.1, -0.05) is 18.2 Å². The van der Waals surface area contributed by atoms with E-state index in [1.807, 2.05) is 30.1 Å². The predicted octanol–water partition coefficient (Wildman–Crippen LogP) is 3.63. The number of benzene rings is 2. The van der Waals surface area contributed by atoms with Gasteiger partial charge in [0.15, 0.2) is 5.78 Å². The lowest BCUT2D eigenvalue weighted by Crippen LogP contribution is -2.25. The van der Waals surface area contributed by atoms with Crippen LogP contribution < -0.4 is 9.64 Å². The van der Waals surface area contributed by atoms with E-state index in [4.69, 9.17) is 4.74 Å². The maximum atomic E-state index is 12.4. The van der Waals surface area contributed by atoms with Crippen LogP contribution in [-0.2, 0) is 0 Å². The van der Waals surface area contributed by atoms with Gasteiger partial charge in [0.2, 0.25) is 0 Å². The summed E-state index contributed by atoms with van der Waals surface area (Å²) in [5.74, 6) is 0.783. The minimum Gasteiger partial charge on any atom is -0.497 e. The fourth-order valence-corrected chi connectivity index (χ4v) is 2.37. The standard InChI is InChI=1S/C18H21NO2/c1-13-8-14(2)10-16(9-13)19(3)12-18(20)15-6-5-7-17(11-15)21-4/h5-11H,12H2,1-4H3. The summed E-state index contributed by atoms with van der Waals surface area (Å²) in [7, 11) is 3.54. The lowest BCUT2D eigenvalue weighted by molar-refractivity contribution is 0.1000. The first-order valence-electron chi connectivity index (χ1n) is 6.96. The lowest BCUT2D eigenvalue weighted by atomic mass is 10.1. The highest BCUT2D eigenvalue weighted by Crippen LogP contribution is 2.19. The number of hydrogen-bond donors (Lipinski definition) is 0. The second kappa shape index (κ2) is 6.44. The van der Waals surface area contributed by atoms with Gasteiger partial charge in [0, 0.05) is 18.3 Å². The van der Waals surface area contributed by atoms with Crippen LogP contribution in [0.1, 0.15) is 21.5 Å². The van der Waals surface area contributed by atoms with Gasteiger partial charge in [0.1, 0.15) is 5.75 Å². The van der Waals surface area contributed by atoms with E-state index in [1.54, 1.807) is 13.2 Å². The van der Waals surface area contributed by atoms with Crippen molar-refractivity contribution < 1.29 is 9.53 Å². The number of aryl methyl sites for hydroxylation is 2. The third-order valence-electron chi connectivity index (χ3n) is 3.42. The van der Waals surface area contributed by atoms with Gasteiger partial charge >= 0.3 is 0 Å². The Bertz CT molecular complexity index is 629. The maximum Gasteiger partial charge on any atom is 0.182 e. The van der Waals surface area contributed by atoms with E-state index in [0.717, 1.165) is 5.69 Å². The molecular weight excluding hydrogens is 262 g/mol. The lowest BCUT2D eigenvalue weighted by Gasteiger charge is -2.19. The molecule has 0 unspecified atom stereocenters. The molecule has 2 rings (SSSR count). The number of methoxy groups -OCH3 is 1. The molecule has 21 heavy (non-hydrogen) atoms. The Labute approximate surface area is 126 Å². The van der Waals surface area contributed by atoms with Crippen molar-refractivity contribution in [3.05, 3.63) is 59.2 Å². The Kier molecular flexibility index (Phi) is 4.63. The molecule has 0 heterocycles. The highest BCUT2D eigenvalue weighted by Gasteiger charge is 2.11. The molecule has 0 radical (unpaired) electrons. The number of ether oxygens (including phenoxy) is 1. The predicted molar refractivity (Wildman–Crippen MR) is 86.5 cm³/mol. The van der Waals surface area contributed by atoms with E-state index in [9.17, 15) is 4.79 Å². The monoisotopic (exact) mass is 283 g/mol. The molecule has 2 aromatic carbocycles. The summed E-state index contributed by atoms with van der Waals surface area (Å²) < 4.78 is 5.16. The quantitative estimate of drug-likeness (QED) is 0.785.